The molecule has 1 aromatic carbocycles. The summed E-state index contributed by atoms with van der Waals surface area (Å²) in [7, 11) is 0. The van der Waals surface area contributed by atoms with Crippen molar-refractivity contribution in [3.63, 3.8) is 0 Å². The molecule has 2 fully saturated rings. The van der Waals surface area contributed by atoms with E-state index in [1.807, 2.05) is 6.92 Å². The van der Waals surface area contributed by atoms with Crippen LogP contribution < -0.4 is 0 Å². The van der Waals surface area contributed by atoms with Crippen molar-refractivity contribution < 1.29 is 18.4 Å². The van der Waals surface area contributed by atoms with Crippen molar-refractivity contribution in [3.05, 3.63) is 52.9 Å². The predicted octanol–water partition coefficient (Wildman–Crippen LogP) is 2.65. The van der Waals surface area contributed by atoms with Crippen molar-refractivity contribution in [1.29, 1.82) is 0 Å². The summed E-state index contributed by atoms with van der Waals surface area (Å²) < 4.78 is 26.8. The largest absolute Gasteiger partial charge is 0.338 e. The summed E-state index contributed by atoms with van der Waals surface area (Å²) in [6.45, 7) is 3.73. The SMILES string of the molecule is Cc1cc(C(=O)N2CCC3(CC2)CC(=O)N(Cc2cc(F)cc(F)c2)C3)n[nH]1. The average Bonchev–Trinajstić information content (AvgIpc) is 3.18. The van der Waals surface area contributed by atoms with Crippen LogP contribution in [0.1, 0.15) is 41.0 Å². The number of piperidine rings is 1. The molecule has 8 heteroatoms. The minimum atomic E-state index is -0.642. The number of amides is 2. The van der Waals surface area contributed by atoms with Crippen LogP contribution in [-0.2, 0) is 11.3 Å². The third-order valence-corrected chi connectivity index (χ3v) is 5.74. The van der Waals surface area contributed by atoms with Crippen LogP contribution in [0.3, 0.4) is 0 Å². The number of nitrogens with zero attached hydrogens (tertiary/aromatic N) is 3. The molecule has 0 saturated carbocycles. The van der Waals surface area contributed by atoms with Crippen molar-refractivity contribution in [2.75, 3.05) is 19.6 Å². The fourth-order valence-electron chi connectivity index (χ4n) is 4.26. The highest BCUT2D eigenvalue weighted by Gasteiger charge is 2.45. The maximum Gasteiger partial charge on any atom is 0.274 e. The zero-order chi connectivity index (χ0) is 19.9. The molecule has 148 valence electrons. The molecule has 2 aliphatic rings. The van der Waals surface area contributed by atoms with Crippen molar-refractivity contribution in [3.8, 4) is 0 Å². The van der Waals surface area contributed by atoms with Crippen LogP contribution in [0.4, 0.5) is 8.78 Å². The Kier molecular flexibility index (Phi) is 4.64. The minimum absolute atomic E-state index is 0.00706. The molecule has 1 spiro atoms. The number of rotatable bonds is 3. The first-order valence-corrected chi connectivity index (χ1v) is 9.38. The van der Waals surface area contributed by atoms with E-state index in [9.17, 15) is 18.4 Å². The third-order valence-electron chi connectivity index (χ3n) is 5.74. The minimum Gasteiger partial charge on any atom is -0.338 e. The van der Waals surface area contributed by atoms with Gasteiger partial charge in [-0.25, -0.2) is 8.78 Å². The van der Waals surface area contributed by atoms with E-state index in [0.29, 0.717) is 37.3 Å². The molecule has 2 saturated heterocycles. The number of carbonyl (C=O) groups is 2. The molecule has 6 nitrogen and oxygen atoms in total. The number of hydrogen-bond donors (Lipinski definition) is 1. The van der Waals surface area contributed by atoms with Gasteiger partial charge in [0.25, 0.3) is 5.91 Å². The molecule has 0 unspecified atom stereocenters. The van der Waals surface area contributed by atoms with Crippen LogP contribution >= 0.6 is 0 Å². The maximum absolute atomic E-state index is 13.4. The van der Waals surface area contributed by atoms with E-state index in [1.165, 1.54) is 12.1 Å². The van der Waals surface area contributed by atoms with E-state index < -0.39 is 11.6 Å². The monoisotopic (exact) mass is 388 g/mol. The van der Waals surface area contributed by atoms with E-state index in [2.05, 4.69) is 10.2 Å². The Hall–Kier alpha value is -2.77. The number of hydrogen-bond acceptors (Lipinski definition) is 3. The standard InChI is InChI=1S/C20H22F2N4O2/c1-13-6-17(24-23-13)19(28)25-4-2-20(3-5-25)10-18(27)26(12-20)11-14-7-15(21)9-16(22)8-14/h6-9H,2-5,10-12H2,1H3,(H,23,24). The third kappa shape index (κ3) is 3.63. The second-order valence-corrected chi connectivity index (χ2v) is 7.93. The Morgan fingerprint density at radius 3 is 2.46 bits per heavy atom. The highest BCUT2D eigenvalue weighted by Crippen LogP contribution is 2.41. The average molecular weight is 388 g/mol. The van der Waals surface area contributed by atoms with E-state index in [1.54, 1.807) is 15.9 Å². The molecule has 3 heterocycles. The van der Waals surface area contributed by atoms with Crippen molar-refractivity contribution in [2.45, 2.75) is 32.7 Å². The first kappa shape index (κ1) is 18.6. The summed E-state index contributed by atoms with van der Waals surface area (Å²) in [5.74, 6) is -1.39. The molecule has 4 rings (SSSR count). The van der Waals surface area contributed by atoms with Gasteiger partial charge in [-0.2, -0.15) is 5.10 Å². The summed E-state index contributed by atoms with van der Waals surface area (Å²) in [6, 6.07) is 5.07. The molecular weight excluding hydrogens is 366 g/mol. The van der Waals surface area contributed by atoms with Crippen LogP contribution in [0.25, 0.3) is 0 Å². The van der Waals surface area contributed by atoms with Gasteiger partial charge in [0, 0.05) is 49.8 Å². The Labute approximate surface area is 161 Å². The van der Waals surface area contributed by atoms with Crippen LogP contribution in [0.2, 0.25) is 0 Å². The van der Waals surface area contributed by atoms with Gasteiger partial charge in [0.05, 0.1) is 0 Å². The molecule has 0 radical (unpaired) electrons. The molecule has 2 aromatic rings. The Morgan fingerprint density at radius 1 is 1.18 bits per heavy atom. The van der Waals surface area contributed by atoms with Gasteiger partial charge in [0.1, 0.15) is 17.3 Å². The first-order valence-electron chi connectivity index (χ1n) is 9.38. The molecular formula is C20H22F2N4O2. The van der Waals surface area contributed by atoms with Crippen LogP contribution in [-0.4, -0.2) is 51.4 Å². The Bertz CT molecular complexity index is 898. The lowest BCUT2D eigenvalue weighted by Crippen LogP contribution is -2.44. The lowest BCUT2D eigenvalue weighted by molar-refractivity contribution is -0.128. The smallest absolute Gasteiger partial charge is 0.274 e. The van der Waals surface area contributed by atoms with Gasteiger partial charge >= 0.3 is 0 Å². The zero-order valence-corrected chi connectivity index (χ0v) is 15.7. The van der Waals surface area contributed by atoms with Crippen molar-refractivity contribution in [1.82, 2.24) is 20.0 Å². The summed E-state index contributed by atoms with van der Waals surface area (Å²) in [4.78, 5) is 28.5. The van der Waals surface area contributed by atoms with Gasteiger partial charge in [-0.05, 0) is 43.5 Å². The van der Waals surface area contributed by atoms with Gasteiger partial charge in [-0.3, -0.25) is 14.7 Å². The predicted molar refractivity (Wildman–Crippen MR) is 97.3 cm³/mol. The van der Waals surface area contributed by atoms with Gasteiger partial charge < -0.3 is 9.80 Å². The topological polar surface area (TPSA) is 69.3 Å². The van der Waals surface area contributed by atoms with Gasteiger partial charge in [-0.1, -0.05) is 0 Å². The fraction of sp³-hybridized carbons (Fsp3) is 0.450. The summed E-state index contributed by atoms with van der Waals surface area (Å²) >= 11 is 0. The van der Waals surface area contributed by atoms with Crippen molar-refractivity contribution in [2.24, 2.45) is 5.41 Å². The molecule has 1 N–H and O–H groups in total. The van der Waals surface area contributed by atoms with E-state index in [0.717, 1.165) is 24.6 Å². The number of nitrogens with one attached hydrogen (secondary N) is 1. The van der Waals surface area contributed by atoms with Crippen molar-refractivity contribution >= 4 is 11.8 Å². The number of benzene rings is 1. The van der Waals surface area contributed by atoms with E-state index >= 15 is 0 Å². The first-order chi connectivity index (χ1) is 13.3. The molecule has 0 bridgehead atoms. The van der Waals surface area contributed by atoms with Crippen LogP contribution in [0, 0.1) is 24.0 Å². The highest BCUT2D eigenvalue weighted by molar-refractivity contribution is 5.92. The molecule has 0 atom stereocenters. The Balaban J connectivity index is 1.39. The van der Waals surface area contributed by atoms with E-state index in [-0.39, 0.29) is 23.8 Å². The van der Waals surface area contributed by atoms with Gasteiger partial charge in [0.15, 0.2) is 0 Å². The summed E-state index contributed by atoms with van der Waals surface area (Å²) in [5.41, 5.74) is 1.51. The molecule has 2 amide bonds. The molecule has 28 heavy (non-hydrogen) atoms. The number of H-pyrrole nitrogens is 1. The number of aromatic amines is 1. The van der Waals surface area contributed by atoms with Gasteiger partial charge in [0.2, 0.25) is 5.91 Å². The second kappa shape index (κ2) is 7.00. The van der Waals surface area contributed by atoms with E-state index in [4.69, 9.17) is 0 Å². The lowest BCUT2D eigenvalue weighted by Gasteiger charge is -2.38. The normalized spacial score (nSPS) is 18.9. The number of halogens is 2. The molecule has 1 aromatic heterocycles. The zero-order valence-electron chi connectivity index (χ0n) is 15.7. The fourth-order valence-corrected chi connectivity index (χ4v) is 4.26. The summed E-state index contributed by atoms with van der Waals surface area (Å²) in [5, 5.41) is 6.80. The second-order valence-electron chi connectivity index (χ2n) is 7.93. The number of likely N-dealkylation sites (tertiary alicyclic amines) is 2. The van der Waals surface area contributed by atoms with Crippen LogP contribution in [0.15, 0.2) is 24.3 Å². The maximum atomic E-state index is 13.4. The van der Waals surface area contributed by atoms with Crippen LogP contribution in [0.5, 0.6) is 0 Å². The number of aryl methyl sites for hydroxylation is 1. The van der Waals surface area contributed by atoms with Gasteiger partial charge in [-0.15, -0.1) is 0 Å². The highest BCUT2D eigenvalue weighted by atomic mass is 19.1. The Morgan fingerprint density at radius 2 is 1.86 bits per heavy atom. The summed E-state index contributed by atoms with van der Waals surface area (Å²) in [6.07, 6.45) is 1.86. The molecule has 0 aliphatic carbocycles. The molecule has 2 aliphatic heterocycles. The quantitative estimate of drug-likeness (QED) is 0.879. The lowest BCUT2D eigenvalue weighted by atomic mass is 9.77. The number of carbonyl (C=O) groups excluding carboxylic acids is 2. The number of aromatic nitrogens is 2.